The zero-order valence-electron chi connectivity index (χ0n) is 13.6. The number of furan rings is 1. The van der Waals surface area contributed by atoms with Crippen molar-refractivity contribution in [3.05, 3.63) is 54.0 Å². The van der Waals surface area contributed by atoms with Crippen LogP contribution in [0.4, 0.5) is 5.69 Å². The van der Waals surface area contributed by atoms with Crippen molar-refractivity contribution in [2.24, 2.45) is 5.92 Å². The summed E-state index contributed by atoms with van der Waals surface area (Å²) >= 11 is 0. The van der Waals surface area contributed by atoms with Gasteiger partial charge >= 0.3 is 0 Å². The molecule has 1 aliphatic carbocycles. The second-order valence-corrected chi connectivity index (χ2v) is 5.90. The van der Waals surface area contributed by atoms with E-state index < -0.39 is 5.91 Å². The lowest BCUT2D eigenvalue weighted by Gasteiger charge is -2.09. The molecule has 1 saturated carbocycles. The van der Waals surface area contributed by atoms with Gasteiger partial charge in [0, 0.05) is 18.2 Å². The van der Waals surface area contributed by atoms with Crippen LogP contribution in [0.25, 0.3) is 0 Å². The van der Waals surface area contributed by atoms with Crippen molar-refractivity contribution in [1.29, 1.82) is 0 Å². The summed E-state index contributed by atoms with van der Waals surface area (Å²) in [5, 5.41) is 8.06. The maximum atomic E-state index is 11.8. The molecule has 0 unspecified atom stereocenters. The van der Waals surface area contributed by atoms with Crippen LogP contribution in [-0.2, 0) is 16.1 Å². The maximum absolute atomic E-state index is 11.8. The van der Waals surface area contributed by atoms with Gasteiger partial charge in [-0.15, -0.1) is 0 Å². The Balaban J connectivity index is 1.43. The fraction of sp³-hybridized carbons (Fsp3) is 0.278. The number of hydrogen-bond acceptors (Lipinski definition) is 4. The minimum Gasteiger partial charge on any atom is -0.459 e. The summed E-state index contributed by atoms with van der Waals surface area (Å²) in [4.78, 5) is 35.3. The van der Waals surface area contributed by atoms with Crippen molar-refractivity contribution in [1.82, 2.24) is 10.6 Å². The summed E-state index contributed by atoms with van der Waals surface area (Å²) in [6, 6.07) is 10.4. The standard InChI is InChI=1S/C18H19N3O4/c22-16(11-20-18(24)15-5-2-8-25-15)19-10-12-3-1-4-14(9-12)21-17(23)13-6-7-13/h1-5,8-9,13H,6-7,10-11H2,(H,19,22)(H,20,24)(H,21,23). The summed E-state index contributed by atoms with van der Waals surface area (Å²) in [5.41, 5.74) is 1.58. The molecule has 0 saturated heterocycles. The average Bonchev–Trinajstić information content (AvgIpc) is 3.33. The fourth-order valence-corrected chi connectivity index (χ4v) is 2.27. The van der Waals surface area contributed by atoms with Gasteiger partial charge in [-0.25, -0.2) is 0 Å². The van der Waals surface area contributed by atoms with Crippen molar-refractivity contribution in [2.45, 2.75) is 19.4 Å². The normalized spacial score (nSPS) is 13.1. The zero-order chi connectivity index (χ0) is 17.6. The molecule has 0 bridgehead atoms. The third kappa shape index (κ3) is 4.94. The molecule has 1 heterocycles. The predicted octanol–water partition coefficient (Wildman–Crippen LogP) is 1.67. The largest absolute Gasteiger partial charge is 0.459 e. The number of hydrogen-bond donors (Lipinski definition) is 3. The summed E-state index contributed by atoms with van der Waals surface area (Å²) in [6.45, 7) is 0.167. The van der Waals surface area contributed by atoms with Crippen LogP contribution in [0.3, 0.4) is 0 Å². The van der Waals surface area contributed by atoms with Crippen LogP contribution in [0.5, 0.6) is 0 Å². The molecule has 1 aromatic heterocycles. The Kier molecular flexibility index (Phi) is 5.13. The van der Waals surface area contributed by atoms with E-state index >= 15 is 0 Å². The van der Waals surface area contributed by atoms with Gasteiger partial charge in [0.25, 0.3) is 5.91 Å². The highest BCUT2D eigenvalue weighted by molar-refractivity contribution is 5.94. The van der Waals surface area contributed by atoms with Crippen molar-refractivity contribution < 1.29 is 18.8 Å². The van der Waals surface area contributed by atoms with Crippen molar-refractivity contribution in [3.63, 3.8) is 0 Å². The average molecular weight is 341 g/mol. The Morgan fingerprint density at radius 2 is 1.92 bits per heavy atom. The van der Waals surface area contributed by atoms with E-state index in [1.165, 1.54) is 12.3 Å². The molecule has 3 rings (SSSR count). The van der Waals surface area contributed by atoms with Crippen LogP contribution >= 0.6 is 0 Å². The molecule has 1 aromatic carbocycles. The topological polar surface area (TPSA) is 100 Å². The lowest BCUT2D eigenvalue weighted by atomic mass is 10.2. The van der Waals surface area contributed by atoms with Crippen LogP contribution in [0.2, 0.25) is 0 Å². The molecular weight excluding hydrogens is 322 g/mol. The summed E-state index contributed by atoms with van der Waals surface area (Å²) in [6.07, 6.45) is 3.29. The molecule has 0 atom stereocenters. The quantitative estimate of drug-likeness (QED) is 0.713. The molecule has 7 nitrogen and oxygen atoms in total. The van der Waals surface area contributed by atoms with Crippen molar-refractivity contribution >= 4 is 23.4 Å². The first-order valence-electron chi connectivity index (χ1n) is 8.10. The highest BCUT2D eigenvalue weighted by atomic mass is 16.3. The molecule has 0 spiro atoms. The summed E-state index contributed by atoms with van der Waals surface area (Å²) in [7, 11) is 0. The molecule has 0 aliphatic heterocycles. The second kappa shape index (κ2) is 7.65. The van der Waals surface area contributed by atoms with Gasteiger partial charge < -0.3 is 20.4 Å². The van der Waals surface area contributed by atoms with Gasteiger partial charge in [-0.05, 0) is 42.7 Å². The van der Waals surface area contributed by atoms with E-state index in [9.17, 15) is 14.4 Å². The van der Waals surface area contributed by atoms with Gasteiger partial charge in [0.15, 0.2) is 5.76 Å². The first-order chi connectivity index (χ1) is 12.1. The maximum Gasteiger partial charge on any atom is 0.287 e. The molecule has 2 aromatic rings. The van der Waals surface area contributed by atoms with Crippen LogP contribution in [0.1, 0.15) is 29.0 Å². The number of nitrogens with one attached hydrogen (secondary N) is 3. The monoisotopic (exact) mass is 341 g/mol. The lowest BCUT2D eigenvalue weighted by Crippen LogP contribution is -2.36. The molecule has 0 radical (unpaired) electrons. The summed E-state index contributed by atoms with van der Waals surface area (Å²) in [5.74, 6) is -0.410. The minimum absolute atomic E-state index is 0.0434. The minimum atomic E-state index is -0.440. The Bertz CT molecular complexity index is 766. The highest BCUT2D eigenvalue weighted by Gasteiger charge is 2.29. The van der Waals surface area contributed by atoms with E-state index in [0.717, 1.165) is 24.1 Å². The Morgan fingerprint density at radius 3 is 2.64 bits per heavy atom. The van der Waals surface area contributed by atoms with Crippen LogP contribution in [-0.4, -0.2) is 24.3 Å². The van der Waals surface area contributed by atoms with Crippen LogP contribution in [0.15, 0.2) is 47.1 Å². The Hall–Kier alpha value is -3.09. The van der Waals surface area contributed by atoms with E-state index in [2.05, 4.69) is 16.0 Å². The molecule has 1 aliphatic rings. The molecule has 130 valence electrons. The van der Waals surface area contributed by atoms with E-state index in [1.807, 2.05) is 24.3 Å². The molecule has 3 N–H and O–H groups in total. The van der Waals surface area contributed by atoms with Gasteiger partial charge in [0.1, 0.15) is 0 Å². The van der Waals surface area contributed by atoms with E-state index in [4.69, 9.17) is 4.42 Å². The molecule has 25 heavy (non-hydrogen) atoms. The Morgan fingerprint density at radius 1 is 1.08 bits per heavy atom. The first kappa shape index (κ1) is 16.8. The lowest BCUT2D eigenvalue weighted by molar-refractivity contribution is -0.120. The number of carbonyl (C=O) groups excluding carboxylic acids is 3. The molecular formula is C18H19N3O4. The van der Waals surface area contributed by atoms with Crippen LogP contribution in [0, 0.1) is 5.92 Å². The van der Waals surface area contributed by atoms with Crippen LogP contribution < -0.4 is 16.0 Å². The third-order valence-electron chi connectivity index (χ3n) is 3.79. The fourth-order valence-electron chi connectivity index (χ4n) is 2.27. The predicted molar refractivity (Wildman–Crippen MR) is 90.7 cm³/mol. The summed E-state index contributed by atoms with van der Waals surface area (Å²) < 4.78 is 4.94. The number of carbonyl (C=O) groups is 3. The second-order valence-electron chi connectivity index (χ2n) is 5.90. The van der Waals surface area contributed by atoms with Gasteiger partial charge in [-0.2, -0.15) is 0 Å². The van der Waals surface area contributed by atoms with E-state index in [-0.39, 0.29) is 30.0 Å². The van der Waals surface area contributed by atoms with Gasteiger partial charge in [0.2, 0.25) is 11.8 Å². The zero-order valence-corrected chi connectivity index (χ0v) is 13.6. The van der Waals surface area contributed by atoms with Crippen molar-refractivity contribution in [2.75, 3.05) is 11.9 Å². The van der Waals surface area contributed by atoms with Gasteiger partial charge in [0.05, 0.1) is 12.8 Å². The van der Waals surface area contributed by atoms with Crippen molar-refractivity contribution in [3.8, 4) is 0 Å². The Labute approximate surface area is 144 Å². The molecule has 3 amide bonds. The SMILES string of the molecule is O=C(CNC(=O)c1ccco1)NCc1cccc(NC(=O)C2CC2)c1. The number of rotatable bonds is 7. The van der Waals surface area contributed by atoms with Gasteiger partial charge in [-0.3, -0.25) is 14.4 Å². The first-order valence-corrected chi connectivity index (χ1v) is 8.10. The highest BCUT2D eigenvalue weighted by Crippen LogP contribution is 2.30. The smallest absolute Gasteiger partial charge is 0.287 e. The number of amides is 3. The third-order valence-corrected chi connectivity index (χ3v) is 3.79. The molecule has 1 fully saturated rings. The van der Waals surface area contributed by atoms with E-state index in [1.54, 1.807) is 6.07 Å². The van der Waals surface area contributed by atoms with E-state index in [0.29, 0.717) is 6.54 Å². The molecule has 7 heteroatoms. The number of anilines is 1. The number of benzene rings is 1. The van der Waals surface area contributed by atoms with Gasteiger partial charge in [-0.1, -0.05) is 12.1 Å².